The maximum Gasteiger partial charge on any atom is 0.218 e. The molecule has 2 rings (SSSR count). The highest BCUT2D eigenvalue weighted by Gasteiger charge is 2.29. The van der Waals surface area contributed by atoms with Gasteiger partial charge in [-0.25, -0.2) is 12.7 Å². The highest BCUT2D eigenvalue weighted by atomic mass is 32.2. The summed E-state index contributed by atoms with van der Waals surface area (Å²) in [7, 11) is 0.818. The van der Waals surface area contributed by atoms with Crippen LogP contribution in [0.4, 0.5) is 0 Å². The number of rotatable bonds is 4. The Morgan fingerprint density at radius 2 is 2.10 bits per heavy atom. The summed E-state index contributed by atoms with van der Waals surface area (Å²) in [5.41, 5.74) is 1.97. The van der Waals surface area contributed by atoms with Crippen molar-refractivity contribution in [2.45, 2.75) is 31.6 Å². The zero-order chi connectivity index (χ0) is 14.8. The fourth-order valence-corrected chi connectivity index (χ4v) is 4.29. The van der Waals surface area contributed by atoms with Gasteiger partial charge in [0.25, 0.3) is 0 Å². The molecule has 1 saturated heterocycles. The number of likely N-dealkylation sites (N-methyl/N-ethyl adjacent to an activating group) is 1. The van der Waals surface area contributed by atoms with Gasteiger partial charge in [-0.2, -0.15) is 0 Å². The van der Waals surface area contributed by atoms with Crippen molar-refractivity contribution in [1.29, 1.82) is 0 Å². The number of aryl methyl sites for hydroxylation is 1. The average Bonchev–Trinajstić information content (AvgIpc) is 2.38. The molecule has 1 atom stereocenters. The lowest BCUT2D eigenvalue weighted by atomic mass is 10.1. The van der Waals surface area contributed by atoms with E-state index >= 15 is 0 Å². The molecule has 5 heteroatoms. The van der Waals surface area contributed by atoms with Crippen molar-refractivity contribution in [2.24, 2.45) is 0 Å². The van der Waals surface area contributed by atoms with Crippen LogP contribution in [0.25, 0.3) is 0 Å². The summed E-state index contributed by atoms with van der Waals surface area (Å²) < 4.78 is 26.7. The second-order valence-electron chi connectivity index (χ2n) is 5.86. The molecular weight excluding hydrogens is 272 g/mol. The van der Waals surface area contributed by atoms with Crippen molar-refractivity contribution in [3.05, 3.63) is 35.4 Å². The molecule has 1 heterocycles. The van der Waals surface area contributed by atoms with E-state index in [1.807, 2.05) is 45.3 Å². The molecule has 112 valence electrons. The van der Waals surface area contributed by atoms with Crippen LogP contribution in [0.2, 0.25) is 0 Å². The minimum Gasteiger partial charge on any atom is -0.305 e. The topological polar surface area (TPSA) is 40.6 Å². The molecule has 1 aliphatic rings. The van der Waals surface area contributed by atoms with E-state index in [2.05, 4.69) is 4.90 Å². The van der Waals surface area contributed by atoms with Gasteiger partial charge >= 0.3 is 0 Å². The normalized spacial score (nSPS) is 21.3. The molecule has 0 saturated carbocycles. The van der Waals surface area contributed by atoms with Gasteiger partial charge in [0.2, 0.25) is 10.0 Å². The number of piperidine rings is 1. The van der Waals surface area contributed by atoms with E-state index in [9.17, 15) is 8.42 Å². The first kappa shape index (κ1) is 15.5. The van der Waals surface area contributed by atoms with Crippen LogP contribution in [0.1, 0.15) is 24.0 Å². The molecule has 0 bridgehead atoms. The molecule has 0 aliphatic carbocycles. The van der Waals surface area contributed by atoms with E-state index in [4.69, 9.17) is 0 Å². The summed E-state index contributed by atoms with van der Waals surface area (Å²) in [6, 6.07) is 8.07. The summed E-state index contributed by atoms with van der Waals surface area (Å²) in [5.74, 6) is 0.106. The first-order chi connectivity index (χ1) is 9.38. The molecule has 1 fully saturated rings. The number of hydrogen-bond donors (Lipinski definition) is 0. The van der Waals surface area contributed by atoms with Crippen LogP contribution >= 0.6 is 0 Å². The third-order valence-corrected chi connectivity index (χ3v) is 5.73. The van der Waals surface area contributed by atoms with Crippen molar-refractivity contribution >= 4 is 10.0 Å². The van der Waals surface area contributed by atoms with Crippen molar-refractivity contribution in [3.63, 3.8) is 0 Å². The van der Waals surface area contributed by atoms with Gasteiger partial charge in [0.1, 0.15) is 0 Å². The summed E-state index contributed by atoms with van der Waals surface area (Å²) in [6.07, 6.45) is 2.01. The van der Waals surface area contributed by atoms with E-state index < -0.39 is 10.0 Å². The van der Waals surface area contributed by atoms with Crippen molar-refractivity contribution < 1.29 is 8.42 Å². The summed E-state index contributed by atoms with van der Waals surface area (Å²) in [5, 5.41) is 0. The molecule has 0 N–H and O–H groups in total. The van der Waals surface area contributed by atoms with Crippen LogP contribution in [0, 0.1) is 6.92 Å². The third-order valence-electron chi connectivity index (χ3n) is 3.91. The largest absolute Gasteiger partial charge is 0.305 e. The van der Waals surface area contributed by atoms with Gasteiger partial charge in [0.05, 0.1) is 5.75 Å². The summed E-state index contributed by atoms with van der Waals surface area (Å²) >= 11 is 0. The molecule has 0 radical (unpaired) electrons. The molecule has 0 aromatic heterocycles. The van der Waals surface area contributed by atoms with Crippen LogP contribution in [-0.4, -0.2) is 50.8 Å². The SMILES string of the molecule is Cc1cccc(CS(=O)(=O)N2CCCC(N(C)C)C2)c1. The lowest BCUT2D eigenvalue weighted by Gasteiger charge is -2.35. The second kappa shape index (κ2) is 6.24. The molecule has 4 nitrogen and oxygen atoms in total. The first-order valence-corrected chi connectivity index (χ1v) is 8.69. The Kier molecular flexibility index (Phi) is 4.83. The van der Waals surface area contributed by atoms with Crippen molar-refractivity contribution in [3.8, 4) is 0 Å². The molecule has 1 aromatic carbocycles. The predicted molar refractivity (Wildman–Crippen MR) is 82.1 cm³/mol. The van der Waals surface area contributed by atoms with Gasteiger partial charge < -0.3 is 4.90 Å². The zero-order valence-corrected chi connectivity index (χ0v) is 13.4. The molecule has 0 spiro atoms. The lowest BCUT2D eigenvalue weighted by Crippen LogP contribution is -2.47. The smallest absolute Gasteiger partial charge is 0.218 e. The Hall–Kier alpha value is -0.910. The Labute approximate surface area is 122 Å². The highest BCUT2D eigenvalue weighted by molar-refractivity contribution is 7.88. The molecule has 1 unspecified atom stereocenters. The van der Waals surface area contributed by atoms with Crippen LogP contribution in [0.3, 0.4) is 0 Å². The molecule has 1 aliphatic heterocycles. The Balaban J connectivity index is 2.10. The quantitative estimate of drug-likeness (QED) is 0.851. The van der Waals surface area contributed by atoms with Gasteiger partial charge in [0.15, 0.2) is 0 Å². The van der Waals surface area contributed by atoms with E-state index in [-0.39, 0.29) is 5.75 Å². The number of benzene rings is 1. The van der Waals surface area contributed by atoms with Crippen LogP contribution in [0.5, 0.6) is 0 Å². The molecule has 20 heavy (non-hydrogen) atoms. The fraction of sp³-hybridized carbons (Fsp3) is 0.600. The van der Waals surface area contributed by atoms with Crippen LogP contribution in [0.15, 0.2) is 24.3 Å². The summed E-state index contributed by atoms with van der Waals surface area (Å²) in [4.78, 5) is 2.12. The number of hydrogen-bond acceptors (Lipinski definition) is 3. The number of nitrogens with zero attached hydrogens (tertiary/aromatic N) is 2. The van der Waals surface area contributed by atoms with Gasteiger partial charge in [0, 0.05) is 19.1 Å². The average molecular weight is 296 g/mol. The fourth-order valence-electron chi connectivity index (χ4n) is 2.70. The third kappa shape index (κ3) is 3.81. The van der Waals surface area contributed by atoms with Crippen molar-refractivity contribution in [1.82, 2.24) is 9.21 Å². The maximum absolute atomic E-state index is 12.5. The standard InChI is InChI=1S/C15H24N2O2S/c1-13-6-4-7-14(10-13)12-20(18,19)17-9-5-8-15(11-17)16(2)3/h4,6-7,10,15H,5,8-9,11-12H2,1-3H3. The van der Waals surface area contributed by atoms with Gasteiger partial charge in [-0.1, -0.05) is 29.8 Å². The van der Waals surface area contributed by atoms with E-state index in [1.165, 1.54) is 0 Å². The highest BCUT2D eigenvalue weighted by Crippen LogP contribution is 2.20. The van der Waals surface area contributed by atoms with Crippen LogP contribution in [-0.2, 0) is 15.8 Å². The Morgan fingerprint density at radius 1 is 1.35 bits per heavy atom. The van der Waals surface area contributed by atoms with E-state index in [0.717, 1.165) is 24.0 Å². The monoisotopic (exact) mass is 296 g/mol. The van der Waals surface area contributed by atoms with E-state index in [0.29, 0.717) is 19.1 Å². The number of sulfonamides is 1. The Bertz CT molecular complexity index is 555. The predicted octanol–water partition coefficient (Wildman–Crippen LogP) is 1.85. The van der Waals surface area contributed by atoms with Gasteiger partial charge in [-0.05, 0) is 39.4 Å². The molecule has 0 amide bonds. The van der Waals surface area contributed by atoms with Gasteiger partial charge in [-0.3, -0.25) is 0 Å². The first-order valence-electron chi connectivity index (χ1n) is 7.08. The minimum absolute atomic E-state index is 0.106. The summed E-state index contributed by atoms with van der Waals surface area (Å²) in [6.45, 7) is 3.25. The molecular formula is C15H24N2O2S. The van der Waals surface area contributed by atoms with Crippen molar-refractivity contribution in [2.75, 3.05) is 27.2 Å². The second-order valence-corrected chi connectivity index (χ2v) is 7.83. The Morgan fingerprint density at radius 3 is 2.75 bits per heavy atom. The van der Waals surface area contributed by atoms with Gasteiger partial charge in [-0.15, -0.1) is 0 Å². The minimum atomic E-state index is -3.21. The zero-order valence-electron chi connectivity index (χ0n) is 12.5. The molecule has 1 aromatic rings. The maximum atomic E-state index is 12.5. The lowest BCUT2D eigenvalue weighted by molar-refractivity contribution is 0.190. The van der Waals surface area contributed by atoms with Crippen LogP contribution < -0.4 is 0 Å². The van der Waals surface area contributed by atoms with E-state index in [1.54, 1.807) is 4.31 Å².